The predicted molar refractivity (Wildman–Crippen MR) is 134 cm³/mol. The summed E-state index contributed by atoms with van der Waals surface area (Å²) in [6.07, 6.45) is 4.34. The lowest BCUT2D eigenvalue weighted by atomic mass is 9.55. The van der Waals surface area contributed by atoms with E-state index >= 15 is 0 Å². The molecular formula is C28H30N2O4S. The van der Waals surface area contributed by atoms with Crippen LogP contribution in [0, 0.1) is 11.8 Å². The molecule has 2 aromatic carbocycles. The van der Waals surface area contributed by atoms with E-state index in [1.807, 2.05) is 30.5 Å². The van der Waals surface area contributed by atoms with Crippen LogP contribution in [0.2, 0.25) is 0 Å². The molecule has 3 amide bonds. The Labute approximate surface area is 209 Å². The molecule has 2 heterocycles. The summed E-state index contributed by atoms with van der Waals surface area (Å²) in [7, 11) is 0. The van der Waals surface area contributed by atoms with Crippen LogP contribution in [0.1, 0.15) is 53.4 Å². The van der Waals surface area contributed by atoms with Gasteiger partial charge in [-0.2, -0.15) is 11.8 Å². The molecule has 182 valence electrons. The number of nitrogens with one attached hydrogen (secondary N) is 1. The van der Waals surface area contributed by atoms with Crippen LogP contribution < -0.4 is 5.32 Å². The Kier molecular flexibility index (Phi) is 5.93. The molecule has 2 aromatic rings. The monoisotopic (exact) mass is 490 g/mol. The summed E-state index contributed by atoms with van der Waals surface area (Å²) in [4.78, 5) is 42.8. The van der Waals surface area contributed by atoms with E-state index in [1.54, 1.807) is 11.8 Å². The SMILES string of the molecule is CSCC[C@H](C(=O)NC[C@@H]1CCCO1)N1C(=O)[C@@H]2C3c4ccccc4C(c4ccccc43)[C@@H]2C1=O. The van der Waals surface area contributed by atoms with E-state index in [0.717, 1.165) is 35.1 Å². The Morgan fingerprint density at radius 3 is 2.00 bits per heavy atom. The van der Waals surface area contributed by atoms with Crippen LogP contribution in [-0.4, -0.2) is 59.9 Å². The highest BCUT2D eigenvalue weighted by Crippen LogP contribution is 2.61. The van der Waals surface area contributed by atoms with Gasteiger partial charge >= 0.3 is 0 Å². The smallest absolute Gasteiger partial charge is 0.243 e. The van der Waals surface area contributed by atoms with Crippen LogP contribution in [0.15, 0.2) is 48.5 Å². The predicted octanol–water partition coefficient (Wildman–Crippen LogP) is 3.30. The molecule has 7 heteroatoms. The third-order valence-electron chi connectivity index (χ3n) is 8.22. The third-order valence-corrected chi connectivity index (χ3v) is 8.86. The van der Waals surface area contributed by atoms with Crippen molar-refractivity contribution in [2.75, 3.05) is 25.2 Å². The summed E-state index contributed by atoms with van der Waals surface area (Å²) >= 11 is 1.62. The molecule has 1 N–H and O–H groups in total. The first-order chi connectivity index (χ1) is 17.1. The Bertz CT molecular complexity index is 1060. The summed E-state index contributed by atoms with van der Waals surface area (Å²) in [6.45, 7) is 1.13. The molecule has 3 aliphatic carbocycles. The van der Waals surface area contributed by atoms with Gasteiger partial charge < -0.3 is 10.1 Å². The van der Waals surface area contributed by atoms with Gasteiger partial charge in [0, 0.05) is 25.0 Å². The summed E-state index contributed by atoms with van der Waals surface area (Å²) in [5.41, 5.74) is 4.57. The number of ether oxygens (including phenoxy) is 1. The molecule has 2 aliphatic heterocycles. The molecule has 0 spiro atoms. The number of amides is 3. The molecule has 35 heavy (non-hydrogen) atoms. The zero-order valence-electron chi connectivity index (χ0n) is 19.8. The van der Waals surface area contributed by atoms with E-state index in [4.69, 9.17) is 4.74 Å². The number of hydrogen-bond donors (Lipinski definition) is 1. The lowest BCUT2D eigenvalue weighted by Crippen LogP contribution is -2.51. The number of thioether (sulfide) groups is 1. The minimum Gasteiger partial charge on any atom is -0.376 e. The fraction of sp³-hybridized carbons (Fsp3) is 0.464. The molecule has 5 aliphatic rings. The second-order valence-corrected chi connectivity index (χ2v) is 11.0. The number of carbonyl (C=O) groups excluding carboxylic acids is 3. The molecule has 0 radical (unpaired) electrons. The van der Waals surface area contributed by atoms with E-state index in [-0.39, 0.29) is 35.7 Å². The first-order valence-corrected chi connectivity index (χ1v) is 13.9. The number of rotatable bonds is 7. The van der Waals surface area contributed by atoms with Crippen molar-refractivity contribution in [3.63, 3.8) is 0 Å². The Morgan fingerprint density at radius 2 is 1.54 bits per heavy atom. The minimum atomic E-state index is -0.792. The van der Waals surface area contributed by atoms with E-state index < -0.39 is 17.9 Å². The van der Waals surface area contributed by atoms with Crippen molar-refractivity contribution >= 4 is 29.5 Å². The van der Waals surface area contributed by atoms with Gasteiger partial charge in [0.2, 0.25) is 17.7 Å². The number of likely N-dealkylation sites (tertiary alicyclic amines) is 1. The fourth-order valence-electron chi connectivity index (χ4n) is 6.75. The van der Waals surface area contributed by atoms with Gasteiger partial charge in [0.25, 0.3) is 0 Å². The van der Waals surface area contributed by atoms with Crippen LogP contribution >= 0.6 is 11.8 Å². The highest BCUT2D eigenvalue weighted by molar-refractivity contribution is 7.98. The first kappa shape index (κ1) is 22.8. The molecule has 0 saturated carbocycles. The van der Waals surface area contributed by atoms with Crippen molar-refractivity contribution in [1.29, 1.82) is 0 Å². The van der Waals surface area contributed by atoms with Crippen molar-refractivity contribution in [2.24, 2.45) is 11.8 Å². The Hall–Kier alpha value is -2.64. The molecule has 4 atom stereocenters. The Morgan fingerprint density at radius 1 is 1.00 bits per heavy atom. The molecule has 0 aromatic heterocycles. The zero-order chi connectivity index (χ0) is 24.1. The lowest BCUT2D eigenvalue weighted by molar-refractivity contribution is -0.148. The largest absolute Gasteiger partial charge is 0.376 e. The lowest BCUT2D eigenvalue weighted by Gasteiger charge is -2.45. The van der Waals surface area contributed by atoms with Gasteiger partial charge in [0.1, 0.15) is 6.04 Å². The highest BCUT2D eigenvalue weighted by Gasteiger charge is 2.62. The summed E-state index contributed by atoms with van der Waals surface area (Å²) in [6, 6.07) is 15.6. The Balaban J connectivity index is 1.35. The maximum atomic E-state index is 14.0. The summed E-state index contributed by atoms with van der Waals surface area (Å²) in [5, 5.41) is 2.99. The fourth-order valence-corrected chi connectivity index (χ4v) is 7.21. The maximum absolute atomic E-state index is 14.0. The van der Waals surface area contributed by atoms with Gasteiger partial charge in [-0.25, -0.2) is 0 Å². The van der Waals surface area contributed by atoms with Crippen molar-refractivity contribution < 1.29 is 19.1 Å². The van der Waals surface area contributed by atoms with Crippen LogP contribution in [-0.2, 0) is 19.1 Å². The second kappa shape index (κ2) is 9.10. The standard InChI is InChI=1S/C28H30N2O4S/c1-35-14-12-21(26(31)29-15-16-7-6-13-34-16)30-27(32)24-22-17-8-2-3-9-18(17)23(25(24)28(30)33)20-11-5-4-10-19(20)22/h2-5,8-11,16,21-25H,6-7,12-15H2,1H3,(H,29,31)/t16-,21+,22?,23?,24-,25+/m0/s1. The number of benzene rings is 2. The minimum absolute atomic E-state index is 0.00700. The quantitative estimate of drug-likeness (QED) is 0.603. The van der Waals surface area contributed by atoms with Crippen LogP contribution in [0.25, 0.3) is 0 Å². The highest BCUT2D eigenvalue weighted by atomic mass is 32.2. The molecule has 2 fully saturated rings. The number of nitrogens with zero attached hydrogens (tertiary/aromatic N) is 1. The normalized spacial score (nSPS) is 29.1. The van der Waals surface area contributed by atoms with Crippen LogP contribution in [0.4, 0.5) is 0 Å². The van der Waals surface area contributed by atoms with Gasteiger partial charge in [-0.1, -0.05) is 48.5 Å². The molecule has 6 nitrogen and oxygen atoms in total. The van der Waals surface area contributed by atoms with Crippen molar-refractivity contribution in [3.05, 3.63) is 70.8 Å². The van der Waals surface area contributed by atoms with Crippen molar-refractivity contribution in [2.45, 2.75) is 43.2 Å². The van der Waals surface area contributed by atoms with Gasteiger partial charge in [-0.3, -0.25) is 19.3 Å². The topological polar surface area (TPSA) is 75.7 Å². The molecule has 0 unspecified atom stereocenters. The van der Waals surface area contributed by atoms with E-state index in [0.29, 0.717) is 25.3 Å². The third kappa shape index (κ3) is 3.54. The van der Waals surface area contributed by atoms with E-state index in [1.165, 1.54) is 4.90 Å². The molecular weight excluding hydrogens is 460 g/mol. The van der Waals surface area contributed by atoms with Gasteiger partial charge in [0.15, 0.2) is 0 Å². The number of imide groups is 1. The van der Waals surface area contributed by atoms with Crippen LogP contribution in [0.3, 0.4) is 0 Å². The number of carbonyl (C=O) groups is 3. The molecule has 7 rings (SSSR count). The van der Waals surface area contributed by atoms with Crippen molar-refractivity contribution in [1.82, 2.24) is 10.2 Å². The summed E-state index contributed by atoms with van der Waals surface area (Å²) in [5.74, 6) is -1.19. The maximum Gasteiger partial charge on any atom is 0.243 e. The average molecular weight is 491 g/mol. The zero-order valence-corrected chi connectivity index (χ0v) is 20.6. The van der Waals surface area contributed by atoms with E-state index in [2.05, 4.69) is 29.6 Å². The first-order valence-electron chi connectivity index (χ1n) is 12.5. The number of hydrogen-bond acceptors (Lipinski definition) is 5. The summed E-state index contributed by atoms with van der Waals surface area (Å²) < 4.78 is 5.65. The van der Waals surface area contributed by atoms with E-state index in [9.17, 15) is 14.4 Å². The van der Waals surface area contributed by atoms with Crippen molar-refractivity contribution in [3.8, 4) is 0 Å². The van der Waals surface area contributed by atoms with Crippen LogP contribution in [0.5, 0.6) is 0 Å². The second-order valence-electron chi connectivity index (χ2n) is 9.99. The van der Waals surface area contributed by atoms with Gasteiger partial charge in [-0.15, -0.1) is 0 Å². The average Bonchev–Trinajstić information content (AvgIpc) is 3.50. The molecule has 2 bridgehead atoms. The van der Waals surface area contributed by atoms with Gasteiger partial charge in [0.05, 0.1) is 17.9 Å². The molecule has 2 saturated heterocycles. The van der Waals surface area contributed by atoms with Gasteiger partial charge in [-0.05, 0) is 53.5 Å².